The number of hydrogen-bond acceptors (Lipinski definition) is 5. The van der Waals surface area contributed by atoms with Gasteiger partial charge in [0.05, 0.1) is 10.5 Å². The molecule has 0 atom stereocenters. The van der Waals surface area contributed by atoms with Crippen LogP contribution in [0.5, 0.6) is 5.75 Å². The molecule has 1 aromatic carbocycles. The molecule has 2 fully saturated rings. The van der Waals surface area contributed by atoms with Gasteiger partial charge in [-0.2, -0.15) is 0 Å². The first kappa shape index (κ1) is 15.5. The van der Waals surface area contributed by atoms with E-state index in [2.05, 4.69) is 0 Å². The van der Waals surface area contributed by atoms with Crippen LogP contribution in [0.2, 0.25) is 0 Å². The van der Waals surface area contributed by atoms with E-state index < -0.39 is 22.3 Å². The normalized spacial score (nSPS) is 20.0. The lowest BCUT2D eigenvalue weighted by molar-refractivity contribution is -0.385. The summed E-state index contributed by atoms with van der Waals surface area (Å²) in [5, 5.41) is 20.8. The Bertz CT molecular complexity index is 677. The average molecular weight is 318 g/mol. The summed E-state index contributed by atoms with van der Waals surface area (Å²) < 4.78 is 0. The van der Waals surface area contributed by atoms with Gasteiger partial charge in [-0.05, 0) is 31.7 Å². The Kier molecular flexibility index (Phi) is 3.79. The maximum Gasteiger partial charge on any atom is 0.311 e. The number of nitro groups is 1. The van der Waals surface area contributed by atoms with Crippen molar-refractivity contribution in [2.24, 2.45) is 5.41 Å². The lowest BCUT2D eigenvalue weighted by Crippen LogP contribution is -2.44. The van der Waals surface area contributed by atoms with E-state index in [9.17, 15) is 24.8 Å². The maximum absolute atomic E-state index is 12.5. The highest BCUT2D eigenvalue weighted by Gasteiger charge is 2.44. The smallest absolute Gasteiger partial charge is 0.311 e. The van der Waals surface area contributed by atoms with E-state index in [-0.39, 0.29) is 11.0 Å². The number of ketones is 1. The van der Waals surface area contributed by atoms with Gasteiger partial charge in [-0.25, -0.2) is 0 Å². The second-order valence-corrected chi connectivity index (χ2v) is 6.28. The summed E-state index contributed by atoms with van der Waals surface area (Å²) in [6, 6.07) is 3.93. The first-order valence-electron chi connectivity index (χ1n) is 7.73. The number of para-hydroxylation sites is 1. The molecule has 1 amide bonds. The molecule has 1 saturated heterocycles. The molecule has 1 spiro atoms. The van der Waals surface area contributed by atoms with Crippen LogP contribution in [0.4, 0.5) is 5.69 Å². The Hall–Kier alpha value is -2.44. The lowest BCUT2D eigenvalue weighted by Gasteiger charge is -2.38. The standard InChI is InChI=1S/C16H18N2O5/c19-13-5-2-6-16(13)7-9-17(10-8-16)15(21)11-3-1-4-12(14(11)20)18(22)23/h1,3-4,20H,2,5-10H2. The van der Waals surface area contributed by atoms with Crippen molar-refractivity contribution in [3.05, 3.63) is 33.9 Å². The van der Waals surface area contributed by atoms with Gasteiger partial charge in [0.2, 0.25) is 5.75 Å². The molecule has 122 valence electrons. The Balaban J connectivity index is 1.77. The minimum absolute atomic E-state index is 0.0621. The van der Waals surface area contributed by atoms with Crippen molar-refractivity contribution < 1.29 is 19.6 Å². The highest BCUT2D eigenvalue weighted by Crippen LogP contribution is 2.44. The number of amides is 1. The van der Waals surface area contributed by atoms with Gasteiger partial charge in [-0.15, -0.1) is 0 Å². The number of rotatable bonds is 2. The van der Waals surface area contributed by atoms with Crippen LogP contribution in [0, 0.1) is 15.5 Å². The maximum atomic E-state index is 12.5. The predicted molar refractivity (Wildman–Crippen MR) is 81.2 cm³/mol. The van der Waals surface area contributed by atoms with Crippen molar-refractivity contribution in [1.82, 2.24) is 4.90 Å². The second-order valence-electron chi connectivity index (χ2n) is 6.28. The molecule has 1 saturated carbocycles. The summed E-state index contributed by atoms with van der Waals surface area (Å²) in [6.07, 6.45) is 3.69. The molecule has 3 rings (SSSR count). The Morgan fingerprint density at radius 2 is 1.96 bits per heavy atom. The number of aromatic hydroxyl groups is 1. The predicted octanol–water partition coefficient (Wildman–Crippen LogP) is 2.28. The van der Waals surface area contributed by atoms with Gasteiger partial charge in [-0.1, -0.05) is 6.07 Å². The van der Waals surface area contributed by atoms with Crippen LogP contribution in [-0.4, -0.2) is 39.7 Å². The third kappa shape index (κ3) is 2.56. The van der Waals surface area contributed by atoms with Gasteiger partial charge in [0.15, 0.2) is 0 Å². The van der Waals surface area contributed by atoms with E-state index in [0.29, 0.717) is 38.1 Å². The molecule has 0 unspecified atom stereocenters. The van der Waals surface area contributed by atoms with Crippen molar-refractivity contribution in [2.75, 3.05) is 13.1 Å². The fourth-order valence-electron chi connectivity index (χ4n) is 3.68. The van der Waals surface area contributed by atoms with Gasteiger partial charge in [-0.3, -0.25) is 19.7 Å². The molecule has 2 aliphatic rings. The minimum atomic E-state index is -0.714. The average Bonchev–Trinajstić information content (AvgIpc) is 2.88. The molecule has 0 bridgehead atoms. The molecule has 1 N–H and O–H groups in total. The number of hydrogen-bond donors (Lipinski definition) is 1. The van der Waals surface area contributed by atoms with Crippen LogP contribution < -0.4 is 0 Å². The molecule has 7 nitrogen and oxygen atoms in total. The number of Topliss-reactive ketones (excluding diaryl/α,β-unsaturated/α-hetero) is 1. The van der Waals surface area contributed by atoms with Crippen LogP contribution in [0.3, 0.4) is 0 Å². The topological polar surface area (TPSA) is 101 Å². The number of phenolic OH excluding ortho intramolecular Hbond substituents is 1. The number of likely N-dealkylation sites (tertiary alicyclic amines) is 1. The molecule has 1 aromatic rings. The molecule has 0 radical (unpaired) electrons. The highest BCUT2D eigenvalue weighted by molar-refractivity contribution is 5.98. The van der Waals surface area contributed by atoms with E-state index in [1.54, 1.807) is 4.90 Å². The van der Waals surface area contributed by atoms with Gasteiger partial charge >= 0.3 is 5.69 Å². The molecular weight excluding hydrogens is 300 g/mol. The quantitative estimate of drug-likeness (QED) is 0.666. The van der Waals surface area contributed by atoms with Gasteiger partial charge in [0, 0.05) is 31.0 Å². The van der Waals surface area contributed by atoms with Crippen molar-refractivity contribution in [1.29, 1.82) is 0 Å². The molecule has 23 heavy (non-hydrogen) atoms. The largest absolute Gasteiger partial charge is 0.502 e. The zero-order chi connectivity index (χ0) is 16.6. The minimum Gasteiger partial charge on any atom is -0.502 e. The molecular formula is C16H18N2O5. The van der Waals surface area contributed by atoms with Crippen LogP contribution in [0.1, 0.15) is 42.5 Å². The molecule has 7 heteroatoms. The fourth-order valence-corrected chi connectivity index (χ4v) is 3.68. The molecule has 0 aromatic heterocycles. The van der Waals surface area contributed by atoms with Crippen LogP contribution >= 0.6 is 0 Å². The second kappa shape index (κ2) is 5.64. The summed E-state index contributed by atoms with van der Waals surface area (Å²) in [5.74, 6) is -0.728. The van der Waals surface area contributed by atoms with E-state index in [0.717, 1.165) is 18.9 Å². The van der Waals surface area contributed by atoms with Crippen LogP contribution in [0.15, 0.2) is 18.2 Å². The van der Waals surface area contributed by atoms with Crippen LogP contribution in [-0.2, 0) is 4.79 Å². The fraction of sp³-hybridized carbons (Fsp3) is 0.500. The van der Waals surface area contributed by atoms with E-state index in [4.69, 9.17) is 0 Å². The monoisotopic (exact) mass is 318 g/mol. The molecule has 1 heterocycles. The third-order valence-corrected chi connectivity index (χ3v) is 5.10. The van der Waals surface area contributed by atoms with Crippen molar-refractivity contribution in [2.45, 2.75) is 32.1 Å². The lowest BCUT2D eigenvalue weighted by atomic mass is 9.76. The Morgan fingerprint density at radius 3 is 2.52 bits per heavy atom. The summed E-state index contributed by atoms with van der Waals surface area (Å²) in [4.78, 5) is 36.3. The summed E-state index contributed by atoms with van der Waals surface area (Å²) in [6.45, 7) is 0.874. The summed E-state index contributed by atoms with van der Waals surface area (Å²) in [7, 11) is 0. The summed E-state index contributed by atoms with van der Waals surface area (Å²) in [5.41, 5.74) is -0.815. The number of carbonyl (C=O) groups excluding carboxylic acids is 2. The van der Waals surface area contributed by atoms with Gasteiger partial charge in [0.25, 0.3) is 5.91 Å². The molecule has 1 aliphatic heterocycles. The first-order chi connectivity index (χ1) is 10.9. The Morgan fingerprint density at radius 1 is 1.26 bits per heavy atom. The first-order valence-corrected chi connectivity index (χ1v) is 7.73. The zero-order valence-electron chi connectivity index (χ0n) is 12.7. The van der Waals surface area contributed by atoms with Crippen molar-refractivity contribution in [3.63, 3.8) is 0 Å². The summed E-state index contributed by atoms with van der Waals surface area (Å²) >= 11 is 0. The zero-order valence-corrected chi connectivity index (χ0v) is 12.7. The number of piperidine rings is 1. The number of carbonyl (C=O) groups is 2. The highest BCUT2D eigenvalue weighted by atomic mass is 16.6. The third-order valence-electron chi connectivity index (χ3n) is 5.10. The Labute approximate surface area is 133 Å². The van der Waals surface area contributed by atoms with Crippen molar-refractivity contribution in [3.8, 4) is 5.75 Å². The van der Waals surface area contributed by atoms with Gasteiger partial charge < -0.3 is 10.0 Å². The van der Waals surface area contributed by atoms with E-state index in [1.165, 1.54) is 12.1 Å². The number of benzene rings is 1. The van der Waals surface area contributed by atoms with Gasteiger partial charge in [0.1, 0.15) is 5.78 Å². The van der Waals surface area contributed by atoms with E-state index in [1.807, 2.05) is 0 Å². The van der Waals surface area contributed by atoms with Crippen molar-refractivity contribution >= 4 is 17.4 Å². The number of nitro benzene ring substituents is 1. The number of nitrogens with zero attached hydrogens (tertiary/aromatic N) is 2. The van der Waals surface area contributed by atoms with E-state index >= 15 is 0 Å². The van der Waals surface area contributed by atoms with Crippen LogP contribution in [0.25, 0.3) is 0 Å². The molecule has 1 aliphatic carbocycles. The number of phenols is 1. The SMILES string of the molecule is O=C(c1cccc([N+](=O)[O-])c1O)N1CCC2(CCCC2=O)CC1.